The lowest BCUT2D eigenvalue weighted by atomic mass is 9.77. The second-order valence-electron chi connectivity index (χ2n) is 5.70. The highest BCUT2D eigenvalue weighted by Gasteiger charge is 2.31. The lowest BCUT2D eigenvalue weighted by Gasteiger charge is -2.33. The van der Waals surface area contributed by atoms with E-state index < -0.39 is 6.10 Å². The maximum atomic E-state index is 10.7. The molecule has 0 saturated heterocycles. The molecule has 0 bridgehead atoms. The molecule has 1 N–H and O–H groups in total. The highest BCUT2D eigenvalue weighted by molar-refractivity contribution is 5.65. The molecule has 0 amide bonds. The Balaban J connectivity index is 4.39. The molecule has 2 unspecified atom stereocenters. The van der Waals surface area contributed by atoms with Crippen LogP contribution in [0.15, 0.2) is 11.6 Å². The highest BCUT2D eigenvalue weighted by atomic mass is 16.5. The van der Waals surface area contributed by atoms with Gasteiger partial charge in [0.1, 0.15) is 0 Å². The van der Waals surface area contributed by atoms with E-state index in [1.54, 1.807) is 0 Å². The molecule has 0 aromatic heterocycles. The quantitative estimate of drug-likeness (QED) is 0.575. The summed E-state index contributed by atoms with van der Waals surface area (Å²) in [6.07, 6.45) is 2.46. The van der Waals surface area contributed by atoms with Crippen LogP contribution in [0.5, 0.6) is 0 Å². The number of carbonyl (C=O) groups is 1. The van der Waals surface area contributed by atoms with E-state index in [1.165, 1.54) is 12.5 Å². The summed E-state index contributed by atoms with van der Waals surface area (Å²) in [7, 11) is 0. The van der Waals surface area contributed by atoms with E-state index in [2.05, 4.69) is 6.08 Å². The second kappa shape index (κ2) is 6.80. The minimum absolute atomic E-state index is 0.0561. The number of hydrogen-bond donors (Lipinski definition) is 1. The molecule has 0 aliphatic heterocycles. The van der Waals surface area contributed by atoms with Crippen LogP contribution in [0.25, 0.3) is 0 Å². The van der Waals surface area contributed by atoms with Crippen LogP contribution in [0.2, 0.25) is 0 Å². The van der Waals surface area contributed by atoms with Crippen LogP contribution < -0.4 is 0 Å². The summed E-state index contributed by atoms with van der Waals surface area (Å²) in [6, 6.07) is 0. The molecule has 100 valence electrons. The molecule has 0 spiro atoms. The van der Waals surface area contributed by atoms with Gasteiger partial charge in [-0.15, -0.1) is 0 Å². The standard InChI is InChI=1S/C14H26O3/c1-10(2)7-8-14(5,6)13(16)11(3)9-17-12(4)15/h7,11,13,16H,8-9H2,1-6H3. The van der Waals surface area contributed by atoms with Crippen LogP contribution in [-0.4, -0.2) is 23.8 Å². The molecule has 0 radical (unpaired) electrons. The lowest BCUT2D eigenvalue weighted by molar-refractivity contribution is -0.144. The summed E-state index contributed by atoms with van der Waals surface area (Å²) >= 11 is 0. The van der Waals surface area contributed by atoms with Crippen molar-refractivity contribution < 1.29 is 14.6 Å². The third kappa shape index (κ3) is 6.47. The van der Waals surface area contributed by atoms with Gasteiger partial charge in [0.15, 0.2) is 0 Å². The molecule has 0 aromatic rings. The van der Waals surface area contributed by atoms with Gasteiger partial charge in [-0.05, 0) is 25.7 Å². The van der Waals surface area contributed by atoms with Crippen LogP contribution in [-0.2, 0) is 9.53 Å². The third-order valence-electron chi connectivity index (χ3n) is 2.93. The number of carbonyl (C=O) groups excluding carboxylic acids is 1. The number of aliphatic hydroxyl groups excluding tert-OH is 1. The summed E-state index contributed by atoms with van der Waals surface area (Å²) < 4.78 is 4.93. The van der Waals surface area contributed by atoms with E-state index in [9.17, 15) is 9.90 Å². The number of rotatable bonds is 6. The van der Waals surface area contributed by atoms with E-state index in [0.717, 1.165) is 6.42 Å². The van der Waals surface area contributed by atoms with E-state index >= 15 is 0 Å². The Labute approximate surface area is 105 Å². The van der Waals surface area contributed by atoms with Gasteiger partial charge >= 0.3 is 5.97 Å². The smallest absolute Gasteiger partial charge is 0.302 e. The van der Waals surface area contributed by atoms with E-state index in [1.807, 2.05) is 34.6 Å². The first-order chi connectivity index (χ1) is 7.66. The minimum Gasteiger partial charge on any atom is -0.465 e. The minimum atomic E-state index is -0.488. The number of hydrogen-bond acceptors (Lipinski definition) is 3. The summed E-state index contributed by atoms with van der Waals surface area (Å²) in [5, 5.41) is 10.3. The maximum Gasteiger partial charge on any atom is 0.302 e. The first-order valence-electron chi connectivity index (χ1n) is 6.11. The van der Waals surface area contributed by atoms with Crippen molar-refractivity contribution in [3.05, 3.63) is 11.6 Å². The SMILES string of the molecule is CC(=O)OCC(C)C(O)C(C)(C)CC=C(C)C. The Hall–Kier alpha value is -0.830. The summed E-state index contributed by atoms with van der Waals surface area (Å²) in [6.45, 7) is 11.7. The fourth-order valence-corrected chi connectivity index (χ4v) is 1.70. The second-order valence-corrected chi connectivity index (χ2v) is 5.70. The van der Waals surface area contributed by atoms with Crippen molar-refractivity contribution >= 4 is 5.97 Å². The van der Waals surface area contributed by atoms with Crippen LogP contribution in [0, 0.1) is 11.3 Å². The van der Waals surface area contributed by atoms with Gasteiger partial charge in [-0.1, -0.05) is 32.4 Å². The molecule has 0 saturated carbocycles. The van der Waals surface area contributed by atoms with Crippen LogP contribution >= 0.6 is 0 Å². The van der Waals surface area contributed by atoms with E-state index in [4.69, 9.17) is 4.74 Å². The zero-order valence-corrected chi connectivity index (χ0v) is 11.9. The molecule has 0 rings (SSSR count). The molecule has 3 heteroatoms. The van der Waals surface area contributed by atoms with Crippen molar-refractivity contribution in [2.45, 2.75) is 54.1 Å². The van der Waals surface area contributed by atoms with Crippen molar-refractivity contribution in [2.24, 2.45) is 11.3 Å². The average Bonchev–Trinajstić information content (AvgIpc) is 2.22. The Morgan fingerprint density at radius 1 is 1.35 bits per heavy atom. The summed E-state index contributed by atoms with van der Waals surface area (Å²) in [5.41, 5.74) is 1.04. The maximum absolute atomic E-state index is 10.7. The topological polar surface area (TPSA) is 46.5 Å². The first kappa shape index (κ1) is 16.2. The van der Waals surface area contributed by atoms with Crippen LogP contribution in [0.1, 0.15) is 48.0 Å². The Bertz CT molecular complexity index is 275. The third-order valence-corrected chi connectivity index (χ3v) is 2.93. The molecular weight excluding hydrogens is 216 g/mol. The van der Waals surface area contributed by atoms with Gasteiger partial charge in [-0.3, -0.25) is 4.79 Å². The lowest BCUT2D eigenvalue weighted by Crippen LogP contribution is -2.36. The zero-order valence-electron chi connectivity index (χ0n) is 11.9. The van der Waals surface area contributed by atoms with Crippen molar-refractivity contribution in [1.82, 2.24) is 0 Å². The van der Waals surface area contributed by atoms with Gasteiger partial charge in [0.05, 0.1) is 12.7 Å². The van der Waals surface area contributed by atoms with Gasteiger partial charge < -0.3 is 9.84 Å². The number of allylic oxidation sites excluding steroid dienone is 2. The van der Waals surface area contributed by atoms with Crippen molar-refractivity contribution in [3.63, 3.8) is 0 Å². The van der Waals surface area contributed by atoms with Gasteiger partial charge in [0.2, 0.25) is 0 Å². The average molecular weight is 242 g/mol. The summed E-state index contributed by atoms with van der Waals surface area (Å²) in [4.78, 5) is 10.7. The fraction of sp³-hybridized carbons (Fsp3) is 0.786. The van der Waals surface area contributed by atoms with Crippen LogP contribution in [0.3, 0.4) is 0 Å². The van der Waals surface area contributed by atoms with Gasteiger partial charge in [-0.2, -0.15) is 0 Å². The molecular formula is C14H26O3. The molecule has 0 aliphatic rings. The first-order valence-corrected chi connectivity index (χ1v) is 6.11. The highest BCUT2D eigenvalue weighted by Crippen LogP contribution is 2.31. The van der Waals surface area contributed by atoms with Gasteiger partial charge in [0.25, 0.3) is 0 Å². The summed E-state index contributed by atoms with van der Waals surface area (Å²) in [5.74, 6) is -0.356. The fourth-order valence-electron chi connectivity index (χ4n) is 1.70. The van der Waals surface area contributed by atoms with Crippen molar-refractivity contribution in [1.29, 1.82) is 0 Å². The Morgan fingerprint density at radius 3 is 2.29 bits per heavy atom. The molecule has 0 heterocycles. The molecule has 0 aliphatic carbocycles. The van der Waals surface area contributed by atoms with Gasteiger partial charge in [0, 0.05) is 12.8 Å². The van der Waals surface area contributed by atoms with Crippen LogP contribution in [0.4, 0.5) is 0 Å². The number of aliphatic hydroxyl groups is 1. The monoisotopic (exact) mass is 242 g/mol. The Morgan fingerprint density at radius 2 is 1.88 bits per heavy atom. The molecule has 2 atom stereocenters. The predicted octanol–water partition coefficient (Wildman–Crippen LogP) is 2.93. The number of ether oxygens (including phenoxy) is 1. The molecule has 17 heavy (non-hydrogen) atoms. The normalized spacial score (nSPS) is 15.0. The van der Waals surface area contributed by atoms with E-state index in [-0.39, 0.29) is 23.9 Å². The van der Waals surface area contributed by atoms with Crippen molar-refractivity contribution in [2.75, 3.05) is 6.61 Å². The Kier molecular flexibility index (Phi) is 6.46. The largest absolute Gasteiger partial charge is 0.465 e. The van der Waals surface area contributed by atoms with E-state index in [0.29, 0.717) is 0 Å². The molecule has 3 nitrogen and oxygen atoms in total. The molecule has 0 aromatic carbocycles. The zero-order chi connectivity index (χ0) is 13.6. The van der Waals surface area contributed by atoms with Crippen molar-refractivity contribution in [3.8, 4) is 0 Å². The number of esters is 1. The molecule has 0 fully saturated rings. The predicted molar refractivity (Wildman–Crippen MR) is 69.6 cm³/mol. The van der Waals surface area contributed by atoms with Gasteiger partial charge in [-0.25, -0.2) is 0 Å².